The summed E-state index contributed by atoms with van der Waals surface area (Å²) in [5.41, 5.74) is 2.30. The van der Waals surface area contributed by atoms with Crippen LogP contribution in [-0.2, 0) is 13.0 Å². The van der Waals surface area contributed by atoms with Crippen molar-refractivity contribution in [2.75, 3.05) is 20.2 Å². The Hall–Kier alpha value is -0.770. The smallest absolute Gasteiger partial charge is 0.127 e. The Kier molecular flexibility index (Phi) is 3.92. The highest BCUT2D eigenvalue weighted by Gasteiger charge is 2.18. The van der Waals surface area contributed by atoms with Crippen LogP contribution in [0.1, 0.15) is 18.1 Å². The highest BCUT2D eigenvalue weighted by atomic mass is 35.5. The summed E-state index contributed by atoms with van der Waals surface area (Å²) >= 11 is 6.09. The molecule has 1 aliphatic heterocycles. The second-order valence-electron chi connectivity index (χ2n) is 4.70. The number of benzene rings is 1. The molecule has 17 heavy (non-hydrogen) atoms. The molecule has 1 unspecified atom stereocenters. The number of hydrogen-bond donors (Lipinski definition) is 1. The topological polar surface area (TPSA) is 32.7 Å². The lowest BCUT2D eigenvalue weighted by atomic mass is 10.1. The van der Waals surface area contributed by atoms with Crippen molar-refractivity contribution in [1.29, 1.82) is 0 Å². The second kappa shape index (κ2) is 5.25. The molecular formula is C13H18ClNO2. The lowest BCUT2D eigenvalue weighted by Gasteiger charge is -2.19. The van der Waals surface area contributed by atoms with E-state index >= 15 is 0 Å². The molecular weight excluding hydrogens is 238 g/mol. The Labute approximate surface area is 107 Å². The number of nitrogens with zero attached hydrogens (tertiary/aromatic N) is 1. The van der Waals surface area contributed by atoms with Crippen LogP contribution in [0.15, 0.2) is 12.1 Å². The molecule has 1 heterocycles. The van der Waals surface area contributed by atoms with E-state index in [1.807, 2.05) is 19.2 Å². The first-order chi connectivity index (χ1) is 8.06. The molecule has 1 aliphatic rings. The van der Waals surface area contributed by atoms with Crippen LogP contribution in [0.25, 0.3) is 0 Å². The molecule has 1 aromatic rings. The summed E-state index contributed by atoms with van der Waals surface area (Å²) in [7, 11) is 1.98. The summed E-state index contributed by atoms with van der Waals surface area (Å²) in [4.78, 5) is 2.07. The Morgan fingerprint density at radius 1 is 1.53 bits per heavy atom. The molecule has 0 fully saturated rings. The van der Waals surface area contributed by atoms with Crippen LogP contribution < -0.4 is 4.74 Å². The predicted molar refractivity (Wildman–Crippen MR) is 68.7 cm³/mol. The Morgan fingerprint density at radius 2 is 2.29 bits per heavy atom. The lowest BCUT2D eigenvalue weighted by molar-refractivity contribution is 0.138. The van der Waals surface area contributed by atoms with Gasteiger partial charge in [0.05, 0.1) is 12.7 Å². The number of likely N-dealkylation sites (N-methyl/N-ethyl adjacent to an activating group) is 1. The van der Waals surface area contributed by atoms with Gasteiger partial charge in [-0.25, -0.2) is 0 Å². The van der Waals surface area contributed by atoms with Crippen molar-refractivity contribution >= 4 is 11.6 Å². The minimum Gasteiger partial charge on any atom is -0.493 e. The average Bonchev–Trinajstić information content (AvgIpc) is 2.63. The summed E-state index contributed by atoms with van der Waals surface area (Å²) in [6, 6.07) is 3.92. The minimum absolute atomic E-state index is 0.326. The standard InChI is InChI=1S/C13H18ClNO2/c1-9(16)7-15(2)8-11-6-12(14)5-10-3-4-17-13(10)11/h5-6,9,16H,3-4,7-8H2,1-2H3. The van der Waals surface area contributed by atoms with Crippen LogP contribution in [0.4, 0.5) is 0 Å². The average molecular weight is 256 g/mol. The van der Waals surface area contributed by atoms with Crippen LogP contribution in [0, 0.1) is 0 Å². The van der Waals surface area contributed by atoms with E-state index in [-0.39, 0.29) is 6.10 Å². The van der Waals surface area contributed by atoms with Crippen molar-refractivity contribution < 1.29 is 9.84 Å². The van der Waals surface area contributed by atoms with Crippen molar-refractivity contribution in [3.8, 4) is 5.75 Å². The van der Waals surface area contributed by atoms with Gasteiger partial charge in [-0.15, -0.1) is 0 Å². The summed E-state index contributed by atoms with van der Waals surface area (Å²) in [5.74, 6) is 0.979. The molecule has 0 bridgehead atoms. The molecule has 1 N–H and O–H groups in total. The molecule has 3 nitrogen and oxygen atoms in total. The maximum atomic E-state index is 9.35. The third-order valence-electron chi connectivity index (χ3n) is 2.84. The van der Waals surface area contributed by atoms with Gasteiger partial charge in [0.15, 0.2) is 0 Å². The predicted octanol–water partition coefficient (Wildman–Crippen LogP) is 2.09. The molecule has 0 amide bonds. The zero-order valence-electron chi connectivity index (χ0n) is 10.2. The van der Waals surface area contributed by atoms with Crippen LogP contribution in [-0.4, -0.2) is 36.3 Å². The Bertz CT molecular complexity index is 407. The molecule has 0 radical (unpaired) electrons. The molecule has 94 valence electrons. The van der Waals surface area contributed by atoms with Gasteiger partial charge in [-0.2, -0.15) is 0 Å². The van der Waals surface area contributed by atoms with E-state index in [4.69, 9.17) is 16.3 Å². The van der Waals surface area contributed by atoms with Gasteiger partial charge in [0.1, 0.15) is 5.75 Å². The van der Waals surface area contributed by atoms with Gasteiger partial charge >= 0.3 is 0 Å². The fourth-order valence-corrected chi connectivity index (χ4v) is 2.53. The van der Waals surface area contributed by atoms with E-state index in [2.05, 4.69) is 4.90 Å². The largest absolute Gasteiger partial charge is 0.493 e. The van der Waals surface area contributed by atoms with E-state index in [1.54, 1.807) is 6.92 Å². The molecule has 0 spiro atoms. The Morgan fingerprint density at radius 3 is 3.00 bits per heavy atom. The maximum Gasteiger partial charge on any atom is 0.127 e. The highest BCUT2D eigenvalue weighted by Crippen LogP contribution is 2.33. The second-order valence-corrected chi connectivity index (χ2v) is 5.13. The lowest BCUT2D eigenvalue weighted by Crippen LogP contribution is -2.26. The Balaban J connectivity index is 2.15. The molecule has 4 heteroatoms. The van der Waals surface area contributed by atoms with Crippen LogP contribution in [0.3, 0.4) is 0 Å². The monoisotopic (exact) mass is 255 g/mol. The third-order valence-corrected chi connectivity index (χ3v) is 3.06. The fourth-order valence-electron chi connectivity index (χ4n) is 2.27. The number of hydrogen-bond acceptors (Lipinski definition) is 3. The molecule has 0 aromatic heterocycles. The number of aliphatic hydroxyl groups excluding tert-OH is 1. The zero-order chi connectivity index (χ0) is 12.4. The summed E-state index contributed by atoms with van der Waals surface area (Å²) in [5, 5.41) is 10.1. The molecule has 1 aromatic carbocycles. The third kappa shape index (κ3) is 3.12. The quantitative estimate of drug-likeness (QED) is 0.894. The van der Waals surface area contributed by atoms with Gasteiger partial charge in [0, 0.05) is 30.1 Å². The van der Waals surface area contributed by atoms with Crippen LogP contribution in [0.2, 0.25) is 5.02 Å². The fraction of sp³-hybridized carbons (Fsp3) is 0.538. The number of rotatable bonds is 4. The van der Waals surface area contributed by atoms with Crippen LogP contribution >= 0.6 is 11.6 Å². The molecule has 1 atom stereocenters. The first-order valence-corrected chi connectivity index (χ1v) is 6.25. The molecule has 0 saturated carbocycles. The highest BCUT2D eigenvalue weighted by molar-refractivity contribution is 6.30. The number of fused-ring (bicyclic) bond motifs is 1. The summed E-state index contributed by atoms with van der Waals surface area (Å²) in [6.07, 6.45) is 0.608. The first kappa shape index (κ1) is 12.7. The van der Waals surface area contributed by atoms with Crippen molar-refractivity contribution in [1.82, 2.24) is 4.90 Å². The number of halogens is 1. The number of ether oxygens (including phenoxy) is 1. The van der Waals surface area contributed by atoms with E-state index in [1.165, 1.54) is 5.56 Å². The van der Waals surface area contributed by atoms with Crippen molar-refractivity contribution in [2.24, 2.45) is 0 Å². The molecule has 0 saturated heterocycles. The van der Waals surface area contributed by atoms with Crippen molar-refractivity contribution in [3.63, 3.8) is 0 Å². The van der Waals surface area contributed by atoms with E-state index < -0.39 is 0 Å². The normalized spacial score (nSPS) is 15.8. The van der Waals surface area contributed by atoms with E-state index in [9.17, 15) is 5.11 Å². The first-order valence-electron chi connectivity index (χ1n) is 5.87. The van der Waals surface area contributed by atoms with Crippen LogP contribution in [0.5, 0.6) is 5.75 Å². The minimum atomic E-state index is -0.326. The summed E-state index contributed by atoms with van der Waals surface area (Å²) < 4.78 is 5.64. The van der Waals surface area contributed by atoms with Gasteiger partial charge in [-0.1, -0.05) is 11.6 Å². The molecule has 0 aliphatic carbocycles. The van der Waals surface area contributed by atoms with E-state index in [0.717, 1.165) is 35.9 Å². The molecule has 2 rings (SSSR count). The van der Waals surface area contributed by atoms with Gasteiger partial charge in [0.25, 0.3) is 0 Å². The SMILES string of the molecule is CC(O)CN(C)Cc1cc(Cl)cc2c1OCC2. The van der Waals surface area contributed by atoms with Gasteiger partial charge in [-0.05, 0) is 31.7 Å². The number of aliphatic hydroxyl groups is 1. The van der Waals surface area contributed by atoms with Gasteiger partial charge < -0.3 is 9.84 Å². The maximum absolute atomic E-state index is 9.35. The van der Waals surface area contributed by atoms with Crippen molar-refractivity contribution in [3.05, 3.63) is 28.3 Å². The van der Waals surface area contributed by atoms with Crippen molar-refractivity contribution in [2.45, 2.75) is 26.0 Å². The van der Waals surface area contributed by atoms with Gasteiger partial charge in [0.2, 0.25) is 0 Å². The van der Waals surface area contributed by atoms with E-state index in [0.29, 0.717) is 6.54 Å². The van der Waals surface area contributed by atoms with Gasteiger partial charge in [-0.3, -0.25) is 4.90 Å². The summed E-state index contributed by atoms with van der Waals surface area (Å²) in [6.45, 7) is 3.91. The zero-order valence-corrected chi connectivity index (χ0v) is 11.0.